The Kier molecular flexibility index (Phi) is 16.3. The van der Waals surface area contributed by atoms with Gasteiger partial charge in [0.05, 0.1) is 0 Å². The summed E-state index contributed by atoms with van der Waals surface area (Å²) in [7, 11) is 0. The molecule has 0 spiro atoms. The maximum absolute atomic E-state index is 8.07. The van der Waals surface area contributed by atoms with Crippen LogP contribution in [0.3, 0.4) is 0 Å². The van der Waals surface area contributed by atoms with Gasteiger partial charge in [-0.25, -0.2) is 0 Å². The fourth-order valence-corrected chi connectivity index (χ4v) is 0.158. The fourth-order valence-electron chi connectivity index (χ4n) is 0.158. The summed E-state index contributed by atoms with van der Waals surface area (Å²) in [5.74, 6) is 0. The zero-order chi connectivity index (χ0) is 4.12. The first-order valence-electron chi connectivity index (χ1n) is 2.02. The van der Waals surface area contributed by atoms with Gasteiger partial charge < -0.3 is 5.11 Å². The topological polar surface area (TPSA) is 20.2 Å². The van der Waals surface area contributed by atoms with Gasteiger partial charge in [0, 0.05) is 6.61 Å². The van der Waals surface area contributed by atoms with Crippen LogP contribution in [0.4, 0.5) is 0 Å². The van der Waals surface area contributed by atoms with E-state index in [1.807, 2.05) is 0 Å². The van der Waals surface area contributed by atoms with E-state index in [9.17, 15) is 0 Å². The minimum absolute atomic E-state index is 0. The molecule has 2 heteroatoms. The molecule has 0 aromatic carbocycles. The molecule has 0 bridgehead atoms. The van der Waals surface area contributed by atoms with E-state index in [-0.39, 0.29) is 37.7 Å². The van der Waals surface area contributed by atoms with E-state index in [1.54, 1.807) is 0 Å². The molecular formula is C4H12CaO. The average molecular weight is 116 g/mol. The Morgan fingerprint density at radius 3 is 2.00 bits per heavy atom. The number of rotatable bonds is 2. The van der Waals surface area contributed by atoms with Gasteiger partial charge in [0.25, 0.3) is 0 Å². The van der Waals surface area contributed by atoms with Gasteiger partial charge in [0.2, 0.25) is 0 Å². The van der Waals surface area contributed by atoms with Crippen molar-refractivity contribution in [3.05, 3.63) is 0 Å². The third-order valence-corrected chi connectivity index (χ3v) is 0.512. The first-order valence-corrected chi connectivity index (χ1v) is 2.02. The van der Waals surface area contributed by atoms with Crippen LogP contribution >= 0.6 is 0 Å². The summed E-state index contributed by atoms with van der Waals surface area (Å²) in [6.07, 6.45) is 2.04. The number of hydrogen-bond acceptors (Lipinski definition) is 1. The van der Waals surface area contributed by atoms with E-state index < -0.39 is 0 Å². The van der Waals surface area contributed by atoms with E-state index in [2.05, 4.69) is 6.92 Å². The van der Waals surface area contributed by atoms with E-state index in [0.717, 1.165) is 12.8 Å². The van der Waals surface area contributed by atoms with E-state index in [1.165, 1.54) is 0 Å². The monoisotopic (exact) mass is 116 g/mol. The quantitative estimate of drug-likeness (QED) is 0.498. The molecule has 0 aliphatic rings. The molecule has 0 unspecified atom stereocenters. The van der Waals surface area contributed by atoms with Crippen molar-refractivity contribution in [3.8, 4) is 0 Å². The summed E-state index contributed by atoms with van der Waals surface area (Å²) in [6, 6.07) is 0. The molecule has 0 radical (unpaired) electrons. The van der Waals surface area contributed by atoms with Gasteiger partial charge >= 0.3 is 37.7 Å². The number of aliphatic hydroxyl groups is 1. The fraction of sp³-hybridized carbons (Fsp3) is 1.00. The molecule has 0 atom stereocenters. The van der Waals surface area contributed by atoms with E-state index in [0.29, 0.717) is 6.61 Å². The Balaban J connectivity index is 0. The molecule has 0 heterocycles. The molecule has 0 aliphatic carbocycles. The Morgan fingerprint density at radius 2 is 2.00 bits per heavy atom. The molecule has 6 heavy (non-hydrogen) atoms. The van der Waals surface area contributed by atoms with Crippen molar-refractivity contribution < 1.29 is 5.11 Å². The molecular weight excluding hydrogens is 104 g/mol. The molecule has 1 N–H and O–H groups in total. The van der Waals surface area contributed by atoms with Gasteiger partial charge in [-0.15, -0.1) is 0 Å². The Hall–Kier alpha value is 1.22. The summed E-state index contributed by atoms with van der Waals surface area (Å²) < 4.78 is 0. The normalized spacial score (nSPS) is 7.00. The third kappa shape index (κ3) is 8.97. The predicted octanol–water partition coefficient (Wildman–Crippen LogP) is -0.137. The van der Waals surface area contributed by atoms with Crippen molar-refractivity contribution in [3.63, 3.8) is 0 Å². The molecule has 1 nitrogen and oxygen atoms in total. The Bertz CT molecular complexity index is 15.0. The minimum atomic E-state index is 0. The van der Waals surface area contributed by atoms with Crippen LogP contribution < -0.4 is 0 Å². The molecule has 0 saturated heterocycles. The van der Waals surface area contributed by atoms with Crippen LogP contribution in [0, 0.1) is 0 Å². The van der Waals surface area contributed by atoms with Crippen LogP contribution in [0.25, 0.3) is 0 Å². The van der Waals surface area contributed by atoms with Gasteiger partial charge in [-0.05, 0) is 6.42 Å². The molecule has 0 aromatic rings. The van der Waals surface area contributed by atoms with E-state index >= 15 is 0 Å². The van der Waals surface area contributed by atoms with Crippen LogP contribution in [0.5, 0.6) is 0 Å². The zero-order valence-corrected chi connectivity index (χ0v) is 3.57. The van der Waals surface area contributed by atoms with E-state index in [4.69, 9.17) is 5.11 Å². The summed E-state index contributed by atoms with van der Waals surface area (Å²) in [4.78, 5) is 0. The number of unbranched alkanes of at least 4 members (excludes halogenated alkanes) is 1. The van der Waals surface area contributed by atoms with Crippen molar-refractivity contribution in [1.29, 1.82) is 0 Å². The van der Waals surface area contributed by atoms with Gasteiger partial charge in [-0.3, -0.25) is 0 Å². The van der Waals surface area contributed by atoms with Gasteiger partial charge in [0.1, 0.15) is 0 Å². The molecule has 0 aliphatic heterocycles. The second kappa shape index (κ2) is 9.52. The summed E-state index contributed by atoms with van der Waals surface area (Å²) in [6.45, 7) is 2.40. The number of hydrogen-bond donors (Lipinski definition) is 1. The molecule has 0 fully saturated rings. The predicted molar refractivity (Wildman–Crippen MR) is 30.5 cm³/mol. The van der Waals surface area contributed by atoms with Gasteiger partial charge in [0.15, 0.2) is 0 Å². The van der Waals surface area contributed by atoms with Crippen molar-refractivity contribution in [2.45, 2.75) is 19.8 Å². The van der Waals surface area contributed by atoms with Crippen molar-refractivity contribution >= 4 is 37.7 Å². The zero-order valence-electron chi connectivity index (χ0n) is 3.57. The van der Waals surface area contributed by atoms with Gasteiger partial charge in [-0.1, -0.05) is 13.3 Å². The summed E-state index contributed by atoms with van der Waals surface area (Å²) >= 11 is 0. The maximum atomic E-state index is 8.07. The van der Waals surface area contributed by atoms with Crippen LogP contribution in [0.2, 0.25) is 0 Å². The second-order valence-corrected chi connectivity index (χ2v) is 1.08. The Labute approximate surface area is 68.7 Å². The van der Waals surface area contributed by atoms with Crippen molar-refractivity contribution in [1.82, 2.24) is 0 Å². The number of aliphatic hydroxyl groups excluding tert-OH is 1. The first kappa shape index (κ1) is 10.3. The Morgan fingerprint density at radius 1 is 1.50 bits per heavy atom. The van der Waals surface area contributed by atoms with Gasteiger partial charge in [-0.2, -0.15) is 0 Å². The first-order chi connectivity index (χ1) is 2.41. The molecule has 0 aromatic heterocycles. The molecule has 0 rings (SSSR count). The third-order valence-electron chi connectivity index (χ3n) is 0.512. The van der Waals surface area contributed by atoms with Crippen LogP contribution in [-0.4, -0.2) is 49.5 Å². The van der Waals surface area contributed by atoms with Crippen LogP contribution in [0.15, 0.2) is 0 Å². The molecule has 0 saturated carbocycles. The molecule has 0 amide bonds. The summed E-state index contributed by atoms with van der Waals surface area (Å²) in [5, 5.41) is 8.07. The SMILES string of the molecule is CCCCO.[CaH2]. The standard InChI is InChI=1S/C4H10O.Ca.2H/c1-2-3-4-5;;;/h5H,2-4H2,1H3;;;. The molecule has 36 valence electrons. The summed E-state index contributed by atoms with van der Waals surface area (Å²) in [5.41, 5.74) is 0. The van der Waals surface area contributed by atoms with Crippen molar-refractivity contribution in [2.75, 3.05) is 6.61 Å². The van der Waals surface area contributed by atoms with Crippen LogP contribution in [-0.2, 0) is 0 Å². The average Bonchev–Trinajstić information content (AvgIpc) is 1.41. The second-order valence-electron chi connectivity index (χ2n) is 1.08. The van der Waals surface area contributed by atoms with Crippen molar-refractivity contribution in [2.24, 2.45) is 0 Å². The van der Waals surface area contributed by atoms with Crippen LogP contribution in [0.1, 0.15) is 19.8 Å².